The molecule has 1 aliphatic carbocycles. The minimum atomic E-state index is -0.963. The van der Waals surface area contributed by atoms with Gasteiger partial charge in [0.2, 0.25) is 0 Å². The Morgan fingerprint density at radius 2 is 1.95 bits per heavy atom. The monoisotopic (exact) mass is 293 g/mol. The number of ether oxygens (including phenoxy) is 1. The largest absolute Gasteiger partial charge is 0.481 e. The predicted molar refractivity (Wildman–Crippen MR) is 74.5 cm³/mol. The third kappa shape index (κ3) is 4.46. The van der Waals surface area contributed by atoms with Gasteiger partial charge in [0.15, 0.2) is 0 Å². The number of hydrogen-bond donors (Lipinski definition) is 3. The summed E-state index contributed by atoms with van der Waals surface area (Å²) in [5, 5.41) is 21.3. The van der Waals surface area contributed by atoms with Crippen molar-refractivity contribution < 1.29 is 24.5 Å². The van der Waals surface area contributed by atoms with E-state index in [4.69, 9.17) is 9.84 Å². The summed E-state index contributed by atoms with van der Waals surface area (Å²) in [6, 6.07) is 8.61. The normalized spacial score (nSPS) is 25.1. The Bertz CT molecular complexity index is 490. The Morgan fingerprint density at radius 3 is 2.62 bits per heavy atom. The third-order valence-corrected chi connectivity index (χ3v) is 3.66. The van der Waals surface area contributed by atoms with Crippen molar-refractivity contribution in [2.24, 2.45) is 5.92 Å². The molecule has 0 aromatic heterocycles. The van der Waals surface area contributed by atoms with Gasteiger partial charge in [-0.2, -0.15) is 0 Å². The van der Waals surface area contributed by atoms with Crippen LogP contribution in [0, 0.1) is 5.92 Å². The third-order valence-electron chi connectivity index (χ3n) is 3.66. The first-order chi connectivity index (χ1) is 10.1. The van der Waals surface area contributed by atoms with Crippen LogP contribution in [0.2, 0.25) is 0 Å². The molecule has 3 N–H and O–H groups in total. The van der Waals surface area contributed by atoms with Crippen molar-refractivity contribution in [3.8, 4) is 0 Å². The Labute approximate surface area is 122 Å². The van der Waals surface area contributed by atoms with E-state index in [1.807, 2.05) is 30.3 Å². The highest BCUT2D eigenvalue weighted by molar-refractivity contribution is 5.73. The van der Waals surface area contributed by atoms with Gasteiger partial charge in [-0.25, -0.2) is 4.79 Å². The molecule has 0 spiro atoms. The Balaban J connectivity index is 1.86. The van der Waals surface area contributed by atoms with Crippen LogP contribution in [0.4, 0.5) is 4.79 Å². The van der Waals surface area contributed by atoms with E-state index in [0.717, 1.165) is 5.56 Å². The lowest BCUT2D eigenvalue weighted by Crippen LogP contribution is -2.48. The van der Waals surface area contributed by atoms with Gasteiger partial charge in [-0.1, -0.05) is 30.3 Å². The van der Waals surface area contributed by atoms with E-state index in [0.29, 0.717) is 12.8 Å². The van der Waals surface area contributed by atoms with Gasteiger partial charge in [0.25, 0.3) is 0 Å². The van der Waals surface area contributed by atoms with Crippen molar-refractivity contribution in [2.75, 3.05) is 0 Å². The zero-order valence-corrected chi connectivity index (χ0v) is 11.6. The molecule has 0 saturated heterocycles. The van der Waals surface area contributed by atoms with Crippen LogP contribution in [0.3, 0.4) is 0 Å². The van der Waals surface area contributed by atoms with Gasteiger partial charge in [-0.15, -0.1) is 0 Å². The molecule has 114 valence electrons. The number of carboxylic acids is 1. The molecule has 1 amide bonds. The van der Waals surface area contributed by atoms with E-state index < -0.39 is 30.1 Å². The van der Waals surface area contributed by atoms with Gasteiger partial charge in [0.1, 0.15) is 6.61 Å². The minimum Gasteiger partial charge on any atom is -0.481 e. The van der Waals surface area contributed by atoms with Crippen LogP contribution in [0.25, 0.3) is 0 Å². The van der Waals surface area contributed by atoms with Crippen molar-refractivity contribution in [1.82, 2.24) is 5.32 Å². The molecule has 0 aliphatic heterocycles. The van der Waals surface area contributed by atoms with Gasteiger partial charge < -0.3 is 20.3 Å². The average Bonchev–Trinajstić information content (AvgIpc) is 2.46. The molecular formula is C15H19NO5. The number of nitrogens with one attached hydrogen (secondary N) is 1. The molecule has 1 aliphatic rings. The number of carboxylic acid groups (broad SMARTS) is 1. The molecule has 6 heteroatoms. The molecule has 1 aromatic carbocycles. The van der Waals surface area contributed by atoms with Gasteiger partial charge >= 0.3 is 12.1 Å². The summed E-state index contributed by atoms with van der Waals surface area (Å²) in [7, 11) is 0. The van der Waals surface area contributed by atoms with Crippen LogP contribution >= 0.6 is 0 Å². The van der Waals surface area contributed by atoms with E-state index in [1.54, 1.807) is 0 Å². The van der Waals surface area contributed by atoms with Gasteiger partial charge in [0, 0.05) is 6.04 Å². The molecule has 0 heterocycles. The molecule has 0 unspecified atom stereocenters. The van der Waals surface area contributed by atoms with Gasteiger partial charge in [-0.05, 0) is 24.8 Å². The lowest BCUT2D eigenvalue weighted by Gasteiger charge is -2.31. The first kappa shape index (κ1) is 15.3. The summed E-state index contributed by atoms with van der Waals surface area (Å²) in [4.78, 5) is 22.9. The number of hydrogen-bond acceptors (Lipinski definition) is 4. The standard InChI is InChI=1S/C15H19NO5/c17-11-6-7-12(14(18)19)13(8-11)16-15(20)21-9-10-4-2-1-3-5-10/h1-5,11-13,17H,6-9H2,(H,16,20)(H,18,19)/t11-,12+,13-/m1/s1. The summed E-state index contributed by atoms with van der Waals surface area (Å²) >= 11 is 0. The molecule has 21 heavy (non-hydrogen) atoms. The second kappa shape index (κ2) is 7.08. The molecular weight excluding hydrogens is 274 g/mol. The fourth-order valence-corrected chi connectivity index (χ4v) is 2.52. The number of rotatable bonds is 4. The Morgan fingerprint density at radius 1 is 1.24 bits per heavy atom. The van der Waals surface area contributed by atoms with Gasteiger partial charge in [-0.3, -0.25) is 4.79 Å². The molecule has 2 rings (SSSR count). The number of benzene rings is 1. The minimum absolute atomic E-state index is 0.125. The van der Waals surface area contributed by atoms with Crippen LogP contribution in [0.15, 0.2) is 30.3 Å². The fourth-order valence-electron chi connectivity index (χ4n) is 2.52. The second-order valence-corrected chi connectivity index (χ2v) is 5.22. The average molecular weight is 293 g/mol. The van der Waals surface area contributed by atoms with E-state index in [9.17, 15) is 14.7 Å². The summed E-state index contributed by atoms with van der Waals surface area (Å²) in [5.74, 6) is -1.65. The first-order valence-corrected chi connectivity index (χ1v) is 6.94. The highest BCUT2D eigenvalue weighted by Gasteiger charge is 2.35. The smallest absolute Gasteiger partial charge is 0.407 e. The van der Waals surface area contributed by atoms with Crippen molar-refractivity contribution in [3.05, 3.63) is 35.9 Å². The molecule has 1 fully saturated rings. The lowest BCUT2D eigenvalue weighted by atomic mass is 9.83. The van der Waals surface area contributed by atoms with Crippen LogP contribution in [0.1, 0.15) is 24.8 Å². The van der Waals surface area contributed by atoms with E-state index in [-0.39, 0.29) is 13.0 Å². The number of aliphatic hydroxyl groups excluding tert-OH is 1. The number of carbonyl (C=O) groups excluding carboxylic acids is 1. The summed E-state index contributed by atoms with van der Waals surface area (Å²) in [5.41, 5.74) is 0.853. The second-order valence-electron chi connectivity index (χ2n) is 5.22. The van der Waals surface area contributed by atoms with Crippen LogP contribution in [0.5, 0.6) is 0 Å². The van der Waals surface area contributed by atoms with Crippen molar-refractivity contribution in [3.63, 3.8) is 0 Å². The number of carbonyl (C=O) groups is 2. The molecule has 1 saturated carbocycles. The molecule has 3 atom stereocenters. The van der Waals surface area contributed by atoms with Crippen LogP contribution in [-0.4, -0.2) is 34.4 Å². The Kier molecular flexibility index (Phi) is 5.16. The summed E-state index contributed by atoms with van der Waals surface area (Å²) in [6.45, 7) is 0.125. The number of amides is 1. The summed E-state index contributed by atoms with van der Waals surface area (Å²) < 4.78 is 5.07. The van der Waals surface area contributed by atoms with Gasteiger partial charge in [0.05, 0.1) is 12.0 Å². The van der Waals surface area contributed by atoms with E-state index in [2.05, 4.69) is 5.32 Å². The van der Waals surface area contributed by atoms with E-state index >= 15 is 0 Å². The fraction of sp³-hybridized carbons (Fsp3) is 0.467. The molecule has 0 bridgehead atoms. The number of aliphatic carboxylic acids is 1. The number of aliphatic hydroxyl groups is 1. The van der Waals surface area contributed by atoms with Crippen LogP contribution in [-0.2, 0) is 16.1 Å². The maximum Gasteiger partial charge on any atom is 0.407 e. The van der Waals surface area contributed by atoms with E-state index in [1.165, 1.54) is 0 Å². The number of alkyl carbamates (subject to hydrolysis) is 1. The summed E-state index contributed by atoms with van der Waals surface area (Å²) in [6.07, 6.45) is -0.226. The highest BCUT2D eigenvalue weighted by atomic mass is 16.5. The lowest BCUT2D eigenvalue weighted by molar-refractivity contribution is -0.144. The maximum absolute atomic E-state index is 11.8. The Hall–Kier alpha value is -2.08. The zero-order valence-electron chi connectivity index (χ0n) is 11.6. The highest BCUT2D eigenvalue weighted by Crippen LogP contribution is 2.25. The maximum atomic E-state index is 11.8. The van der Waals surface area contributed by atoms with Crippen molar-refractivity contribution in [2.45, 2.75) is 38.0 Å². The SMILES string of the molecule is O=C(N[C@@H]1C[C@H](O)CC[C@@H]1C(=O)O)OCc1ccccc1. The molecule has 0 radical (unpaired) electrons. The zero-order chi connectivity index (χ0) is 15.2. The van der Waals surface area contributed by atoms with Crippen molar-refractivity contribution >= 4 is 12.1 Å². The predicted octanol–water partition coefficient (Wildman–Crippen LogP) is 1.53. The first-order valence-electron chi connectivity index (χ1n) is 6.94. The topological polar surface area (TPSA) is 95.9 Å². The molecule has 6 nitrogen and oxygen atoms in total. The molecule has 1 aromatic rings. The van der Waals surface area contributed by atoms with Crippen molar-refractivity contribution in [1.29, 1.82) is 0 Å². The van der Waals surface area contributed by atoms with Crippen LogP contribution < -0.4 is 5.32 Å². The quantitative estimate of drug-likeness (QED) is 0.782.